The van der Waals surface area contributed by atoms with E-state index in [0.717, 1.165) is 11.3 Å². The van der Waals surface area contributed by atoms with E-state index in [1.165, 1.54) is 7.05 Å². The number of rotatable bonds is 6. The summed E-state index contributed by atoms with van der Waals surface area (Å²) in [6, 6.07) is 20.5. The van der Waals surface area contributed by atoms with Crippen LogP contribution in [0.2, 0.25) is 0 Å². The van der Waals surface area contributed by atoms with E-state index in [2.05, 4.69) is 11.1 Å². The molecule has 6 heteroatoms. The number of pyridine rings is 1. The number of benzene rings is 2. The maximum absolute atomic E-state index is 12.5. The largest absolute Gasteiger partial charge is 0.457 e. The zero-order chi connectivity index (χ0) is 20.4. The summed E-state index contributed by atoms with van der Waals surface area (Å²) in [7, 11) is 1.50. The Hall–Kier alpha value is -3.38. The number of carbonyl (C=O) groups excluding carboxylic acids is 1. The van der Waals surface area contributed by atoms with Crippen LogP contribution in [-0.4, -0.2) is 17.5 Å². The SMILES string of the molecule is CCC(=O)Nc1cccn(Cc2cccc(Oc3ccccc3)c2)c1=O.CN. The Morgan fingerprint density at radius 2 is 1.71 bits per heavy atom. The van der Waals surface area contributed by atoms with Crippen LogP contribution in [0.25, 0.3) is 0 Å². The molecule has 146 valence electrons. The normalized spacial score (nSPS) is 9.82. The van der Waals surface area contributed by atoms with Crippen molar-refractivity contribution in [3.8, 4) is 11.5 Å². The molecule has 2 aromatic carbocycles. The number of para-hydroxylation sites is 1. The van der Waals surface area contributed by atoms with Gasteiger partial charge in [0.15, 0.2) is 0 Å². The number of hydrogen-bond acceptors (Lipinski definition) is 4. The number of amides is 1. The summed E-state index contributed by atoms with van der Waals surface area (Å²) in [5, 5.41) is 2.63. The molecule has 0 bridgehead atoms. The molecule has 0 saturated carbocycles. The highest BCUT2D eigenvalue weighted by molar-refractivity contribution is 5.90. The van der Waals surface area contributed by atoms with Crippen molar-refractivity contribution in [2.24, 2.45) is 5.73 Å². The van der Waals surface area contributed by atoms with Gasteiger partial charge in [-0.25, -0.2) is 0 Å². The molecule has 0 aliphatic heterocycles. The number of carbonyl (C=O) groups is 1. The number of ether oxygens (including phenoxy) is 1. The van der Waals surface area contributed by atoms with Crippen molar-refractivity contribution >= 4 is 11.6 Å². The van der Waals surface area contributed by atoms with Crippen LogP contribution >= 0.6 is 0 Å². The van der Waals surface area contributed by atoms with E-state index in [9.17, 15) is 9.59 Å². The summed E-state index contributed by atoms with van der Waals surface area (Å²) >= 11 is 0. The van der Waals surface area contributed by atoms with Gasteiger partial charge in [-0.2, -0.15) is 0 Å². The van der Waals surface area contributed by atoms with Crippen LogP contribution in [0, 0.1) is 0 Å². The molecular weight excluding hydrogens is 354 g/mol. The Balaban J connectivity index is 0.00000136. The minimum absolute atomic E-state index is 0.182. The predicted octanol–water partition coefficient (Wildman–Crippen LogP) is 3.61. The van der Waals surface area contributed by atoms with Gasteiger partial charge in [-0.1, -0.05) is 37.3 Å². The molecule has 1 heterocycles. The number of anilines is 1. The van der Waals surface area contributed by atoms with Gasteiger partial charge in [0.05, 0.1) is 6.54 Å². The number of hydrogen-bond donors (Lipinski definition) is 2. The lowest BCUT2D eigenvalue weighted by Gasteiger charge is -2.11. The molecule has 0 spiro atoms. The van der Waals surface area contributed by atoms with E-state index in [0.29, 0.717) is 18.7 Å². The number of nitrogens with two attached hydrogens (primary N) is 1. The van der Waals surface area contributed by atoms with E-state index in [1.54, 1.807) is 29.8 Å². The van der Waals surface area contributed by atoms with E-state index >= 15 is 0 Å². The van der Waals surface area contributed by atoms with Crippen molar-refractivity contribution in [1.82, 2.24) is 4.57 Å². The molecule has 3 aromatic rings. The number of nitrogens with zero attached hydrogens (tertiary/aromatic N) is 1. The van der Waals surface area contributed by atoms with Crippen LogP contribution in [0.15, 0.2) is 77.7 Å². The van der Waals surface area contributed by atoms with E-state index in [4.69, 9.17) is 4.74 Å². The van der Waals surface area contributed by atoms with Gasteiger partial charge in [0.2, 0.25) is 5.91 Å². The maximum Gasteiger partial charge on any atom is 0.274 e. The van der Waals surface area contributed by atoms with E-state index in [-0.39, 0.29) is 17.2 Å². The molecular formula is C22H25N3O3. The molecule has 1 aromatic heterocycles. The number of nitrogens with one attached hydrogen (secondary N) is 1. The Labute approximate surface area is 164 Å². The molecule has 1 amide bonds. The molecule has 3 N–H and O–H groups in total. The van der Waals surface area contributed by atoms with Crippen molar-refractivity contribution in [3.63, 3.8) is 0 Å². The average Bonchev–Trinajstić information content (AvgIpc) is 2.73. The Morgan fingerprint density at radius 1 is 1.00 bits per heavy atom. The third kappa shape index (κ3) is 5.82. The summed E-state index contributed by atoms with van der Waals surface area (Å²) < 4.78 is 7.40. The molecule has 0 atom stereocenters. The van der Waals surface area contributed by atoms with Crippen molar-refractivity contribution in [2.75, 3.05) is 12.4 Å². The first-order chi connectivity index (χ1) is 13.7. The molecule has 6 nitrogen and oxygen atoms in total. The van der Waals surface area contributed by atoms with Gasteiger partial charge in [0.25, 0.3) is 5.56 Å². The Bertz CT molecular complexity index is 952. The van der Waals surface area contributed by atoms with Crippen molar-refractivity contribution in [2.45, 2.75) is 19.9 Å². The van der Waals surface area contributed by atoms with Crippen molar-refractivity contribution in [1.29, 1.82) is 0 Å². The number of aromatic nitrogens is 1. The van der Waals surface area contributed by atoms with E-state index < -0.39 is 0 Å². The zero-order valence-corrected chi connectivity index (χ0v) is 16.1. The first kappa shape index (κ1) is 20.9. The lowest BCUT2D eigenvalue weighted by atomic mass is 10.2. The summed E-state index contributed by atoms with van der Waals surface area (Å²) in [4.78, 5) is 24.1. The van der Waals surface area contributed by atoms with Crippen LogP contribution in [0.3, 0.4) is 0 Å². The minimum Gasteiger partial charge on any atom is -0.457 e. The van der Waals surface area contributed by atoms with Crippen molar-refractivity contribution < 1.29 is 9.53 Å². The second kappa shape index (κ2) is 10.7. The topological polar surface area (TPSA) is 86.4 Å². The highest BCUT2D eigenvalue weighted by Crippen LogP contribution is 2.22. The van der Waals surface area contributed by atoms with Crippen LogP contribution in [-0.2, 0) is 11.3 Å². The van der Waals surface area contributed by atoms with Gasteiger partial charge < -0.3 is 20.4 Å². The first-order valence-corrected chi connectivity index (χ1v) is 9.04. The molecule has 28 heavy (non-hydrogen) atoms. The standard InChI is InChI=1S/C21H20N2O3.CH5N/c1-2-20(24)22-19-12-7-13-23(21(19)25)15-16-8-6-11-18(14-16)26-17-9-4-3-5-10-17;1-2/h3-14H,2,15H2,1H3,(H,22,24);2H2,1H3. The Kier molecular flexibility index (Phi) is 7.99. The average molecular weight is 379 g/mol. The Morgan fingerprint density at radius 3 is 2.43 bits per heavy atom. The molecule has 0 unspecified atom stereocenters. The van der Waals surface area contributed by atoms with Gasteiger partial charge >= 0.3 is 0 Å². The fourth-order valence-electron chi connectivity index (χ4n) is 2.52. The lowest BCUT2D eigenvalue weighted by Crippen LogP contribution is -2.25. The second-order valence-corrected chi connectivity index (χ2v) is 5.82. The third-order valence-corrected chi connectivity index (χ3v) is 3.85. The first-order valence-electron chi connectivity index (χ1n) is 9.04. The van der Waals surface area contributed by atoms with Crippen LogP contribution < -0.4 is 21.3 Å². The smallest absolute Gasteiger partial charge is 0.274 e. The highest BCUT2D eigenvalue weighted by Gasteiger charge is 2.07. The molecule has 0 radical (unpaired) electrons. The fourth-order valence-corrected chi connectivity index (χ4v) is 2.52. The predicted molar refractivity (Wildman–Crippen MR) is 112 cm³/mol. The van der Waals surface area contributed by atoms with Crippen LogP contribution in [0.1, 0.15) is 18.9 Å². The monoisotopic (exact) mass is 379 g/mol. The zero-order valence-electron chi connectivity index (χ0n) is 16.1. The van der Waals surface area contributed by atoms with Gasteiger partial charge in [-0.05, 0) is 49.0 Å². The van der Waals surface area contributed by atoms with Crippen molar-refractivity contribution in [3.05, 3.63) is 88.8 Å². The highest BCUT2D eigenvalue weighted by atomic mass is 16.5. The maximum atomic E-state index is 12.5. The fraction of sp³-hybridized carbons (Fsp3) is 0.182. The lowest BCUT2D eigenvalue weighted by molar-refractivity contribution is -0.115. The van der Waals surface area contributed by atoms with Gasteiger partial charge in [-0.15, -0.1) is 0 Å². The molecule has 3 rings (SSSR count). The summed E-state index contributed by atoms with van der Waals surface area (Å²) in [5.74, 6) is 1.28. The van der Waals surface area contributed by atoms with Crippen LogP contribution in [0.5, 0.6) is 11.5 Å². The second-order valence-electron chi connectivity index (χ2n) is 5.82. The third-order valence-electron chi connectivity index (χ3n) is 3.85. The van der Waals surface area contributed by atoms with E-state index in [1.807, 2.05) is 54.6 Å². The summed E-state index contributed by atoms with van der Waals surface area (Å²) in [6.07, 6.45) is 2.03. The van der Waals surface area contributed by atoms with Crippen LogP contribution in [0.4, 0.5) is 5.69 Å². The van der Waals surface area contributed by atoms with Gasteiger partial charge in [0.1, 0.15) is 17.2 Å². The quantitative estimate of drug-likeness (QED) is 0.685. The summed E-state index contributed by atoms with van der Waals surface area (Å²) in [5.41, 5.74) is 5.49. The summed E-state index contributed by atoms with van der Waals surface area (Å²) in [6.45, 7) is 2.13. The minimum atomic E-state index is -0.233. The van der Waals surface area contributed by atoms with Gasteiger partial charge in [0, 0.05) is 12.6 Å². The molecule has 0 saturated heterocycles. The molecule has 0 aliphatic rings. The molecule has 0 aliphatic carbocycles. The molecule has 0 fully saturated rings. The van der Waals surface area contributed by atoms with Gasteiger partial charge in [-0.3, -0.25) is 9.59 Å².